The zero-order valence-electron chi connectivity index (χ0n) is 15.4. The maximum atomic E-state index is 12.1. The average Bonchev–Trinajstić information content (AvgIpc) is 2.71. The van der Waals surface area contributed by atoms with Crippen LogP contribution in [0.3, 0.4) is 0 Å². The zero-order chi connectivity index (χ0) is 21.1. The molecule has 7 nitrogen and oxygen atoms in total. The molecule has 152 valence electrons. The fourth-order valence-electron chi connectivity index (χ4n) is 2.26. The van der Waals surface area contributed by atoms with E-state index >= 15 is 0 Å². The number of ether oxygens (including phenoxy) is 1. The molecule has 0 bridgehead atoms. The van der Waals surface area contributed by atoms with Crippen molar-refractivity contribution in [2.45, 2.75) is 19.3 Å². The number of amides is 2. The second kappa shape index (κ2) is 12.1. The molecule has 0 aliphatic rings. The molecule has 2 aromatic carbocycles. The molecule has 0 aliphatic carbocycles. The van der Waals surface area contributed by atoms with Crippen LogP contribution in [0, 0.1) is 3.57 Å². The van der Waals surface area contributed by atoms with Crippen LogP contribution in [0.25, 0.3) is 0 Å². The Morgan fingerprint density at radius 2 is 1.62 bits per heavy atom. The summed E-state index contributed by atoms with van der Waals surface area (Å²) in [6.45, 7) is 0.259. The lowest BCUT2D eigenvalue weighted by Gasteiger charge is -2.11. The molecule has 0 spiro atoms. The Bertz CT molecular complexity index is 877. The second-order valence-corrected chi connectivity index (χ2v) is 7.46. The van der Waals surface area contributed by atoms with Crippen molar-refractivity contribution >= 4 is 57.7 Å². The molecule has 2 rings (SSSR count). The number of rotatable bonds is 7. The largest absolute Gasteiger partial charge is 0.465 e. The third-order valence-electron chi connectivity index (χ3n) is 3.71. The summed E-state index contributed by atoms with van der Waals surface area (Å²) in [4.78, 5) is 35.6. The smallest absolute Gasteiger partial charge is 0.306 e. The van der Waals surface area contributed by atoms with E-state index < -0.39 is 11.9 Å². The molecule has 2 aromatic rings. The summed E-state index contributed by atoms with van der Waals surface area (Å²) in [6, 6.07) is 16.7. The van der Waals surface area contributed by atoms with Crippen molar-refractivity contribution in [3.63, 3.8) is 0 Å². The molecule has 29 heavy (non-hydrogen) atoms. The summed E-state index contributed by atoms with van der Waals surface area (Å²) in [5.74, 6) is -1.29. The SMILES string of the molecule is O=C(CCC(=O)OCCc1ccccc1)NC(=S)NNC(=O)c1ccccc1I. The van der Waals surface area contributed by atoms with Gasteiger partial charge in [0.25, 0.3) is 5.91 Å². The lowest BCUT2D eigenvalue weighted by Crippen LogP contribution is -2.48. The van der Waals surface area contributed by atoms with E-state index in [1.165, 1.54) is 0 Å². The molecular weight excluding hydrogens is 505 g/mol. The Balaban J connectivity index is 1.61. The van der Waals surface area contributed by atoms with Crippen LogP contribution in [-0.4, -0.2) is 29.5 Å². The van der Waals surface area contributed by atoms with Gasteiger partial charge in [0.05, 0.1) is 18.6 Å². The van der Waals surface area contributed by atoms with E-state index in [0.29, 0.717) is 12.0 Å². The first kappa shape index (κ1) is 22.8. The number of hydrazine groups is 1. The van der Waals surface area contributed by atoms with Crippen LogP contribution in [0.4, 0.5) is 0 Å². The Labute approximate surface area is 187 Å². The number of thiocarbonyl (C=S) groups is 1. The van der Waals surface area contributed by atoms with E-state index in [1.807, 2.05) is 59.0 Å². The summed E-state index contributed by atoms with van der Waals surface area (Å²) in [7, 11) is 0. The summed E-state index contributed by atoms with van der Waals surface area (Å²) >= 11 is 7.01. The highest BCUT2D eigenvalue weighted by atomic mass is 127. The first-order valence-electron chi connectivity index (χ1n) is 8.80. The minimum atomic E-state index is -0.457. The second-order valence-electron chi connectivity index (χ2n) is 5.89. The topological polar surface area (TPSA) is 96.5 Å². The molecule has 0 saturated heterocycles. The third-order valence-corrected chi connectivity index (χ3v) is 4.86. The first-order valence-corrected chi connectivity index (χ1v) is 10.3. The van der Waals surface area contributed by atoms with E-state index in [9.17, 15) is 14.4 Å². The zero-order valence-corrected chi connectivity index (χ0v) is 18.4. The third kappa shape index (κ3) is 8.57. The van der Waals surface area contributed by atoms with Crippen molar-refractivity contribution in [2.75, 3.05) is 6.61 Å². The lowest BCUT2D eigenvalue weighted by atomic mass is 10.2. The van der Waals surface area contributed by atoms with E-state index in [-0.39, 0.29) is 30.5 Å². The minimum absolute atomic E-state index is 0.0577. The van der Waals surface area contributed by atoms with Crippen LogP contribution >= 0.6 is 34.8 Å². The predicted octanol–water partition coefficient (Wildman–Crippen LogP) is 2.49. The average molecular weight is 525 g/mol. The fourth-order valence-corrected chi connectivity index (χ4v) is 3.06. The summed E-state index contributed by atoms with van der Waals surface area (Å²) in [6.07, 6.45) is 0.487. The van der Waals surface area contributed by atoms with Gasteiger partial charge >= 0.3 is 5.97 Å². The van der Waals surface area contributed by atoms with Gasteiger partial charge in [-0.3, -0.25) is 25.2 Å². The molecule has 0 fully saturated rings. The number of carbonyl (C=O) groups is 3. The quantitative estimate of drug-likeness (QED) is 0.223. The molecule has 0 radical (unpaired) electrons. The molecule has 0 aromatic heterocycles. The van der Waals surface area contributed by atoms with E-state index in [4.69, 9.17) is 17.0 Å². The molecule has 0 heterocycles. The first-order chi connectivity index (χ1) is 14.0. The van der Waals surface area contributed by atoms with Gasteiger partial charge in [-0.05, 0) is 52.5 Å². The van der Waals surface area contributed by atoms with E-state index in [0.717, 1.165) is 9.13 Å². The van der Waals surface area contributed by atoms with Gasteiger partial charge in [-0.2, -0.15) is 0 Å². The normalized spacial score (nSPS) is 9.97. The fraction of sp³-hybridized carbons (Fsp3) is 0.200. The van der Waals surface area contributed by atoms with Gasteiger partial charge in [0.1, 0.15) is 0 Å². The number of benzene rings is 2. The molecule has 0 atom stereocenters. The monoisotopic (exact) mass is 525 g/mol. The standard InChI is InChI=1S/C20H20IN3O4S/c21-16-9-5-4-8-15(16)19(27)23-24-20(29)22-17(25)10-11-18(26)28-13-12-14-6-2-1-3-7-14/h1-9H,10-13H2,(H,23,27)(H2,22,24,25,29). The highest BCUT2D eigenvalue weighted by Crippen LogP contribution is 2.10. The Kier molecular flexibility index (Phi) is 9.51. The molecule has 2 amide bonds. The van der Waals surface area contributed by atoms with Gasteiger partial charge in [-0.1, -0.05) is 42.5 Å². The number of hydrogen-bond acceptors (Lipinski definition) is 5. The minimum Gasteiger partial charge on any atom is -0.465 e. The number of esters is 1. The van der Waals surface area contributed by atoms with Crippen molar-refractivity contribution in [2.24, 2.45) is 0 Å². The van der Waals surface area contributed by atoms with Crippen LogP contribution in [0.5, 0.6) is 0 Å². The van der Waals surface area contributed by atoms with Gasteiger partial charge in [0.15, 0.2) is 5.11 Å². The van der Waals surface area contributed by atoms with Crippen LogP contribution in [0.15, 0.2) is 54.6 Å². The molecule has 0 unspecified atom stereocenters. The van der Waals surface area contributed by atoms with Gasteiger partial charge in [-0.25, -0.2) is 0 Å². The van der Waals surface area contributed by atoms with Crippen molar-refractivity contribution in [3.05, 3.63) is 69.3 Å². The van der Waals surface area contributed by atoms with Crippen molar-refractivity contribution in [1.82, 2.24) is 16.2 Å². The van der Waals surface area contributed by atoms with Crippen LogP contribution in [-0.2, 0) is 20.7 Å². The van der Waals surface area contributed by atoms with Crippen LogP contribution in [0.2, 0.25) is 0 Å². The predicted molar refractivity (Wildman–Crippen MR) is 121 cm³/mol. The molecule has 0 saturated carbocycles. The Hall–Kier alpha value is -2.53. The van der Waals surface area contributed by atoms with E-state index in [2.05, 4.69) is 16.2 Å². The van der Waals surface area contributed by atoms with Crippen LogP contribution in [0.1, 0.15) is 28.8 Å². The molecule has 9 heteroatoms. The Morgan fingerprint density at radius 1 is 0.931 bits per heavy atom. The van der Waals surface area contributed by atoms with Crippen molar-refractivity contribution in [1.29, 1.82) is 0 Å². The highest BCUT2D eigenvalue weighted by Gasteiger charge is 2.12. The summed E-state index contributed by atoms with van der Waals surface area (Å²) in [5, 5.41) is 2.33. The number of halogens is 1. The molecular formula is C20H20IN3O4S. The van der Waals surface area contributed by atoms with Gasteiger partial charge in [0, 0.05) is 16.4 Å². The number of nitrogens with one attached hydrogen (secondary N) is 3. The number of hydrogen-bond donors (Lipinski definition) is 3. The van der Waals surface area contributed by atoms with Crippen LogP contribution < -0.4 is 16.2 Å². The maximum Gasteiger partial charge on any atom is 0.306 e. The van der Waals surface area contributed by atoms with Gasteiger partial charge < -0.3 is 10.1 Å². The highest BCUT2D eigenvalue weighted by molar-refractivity contribution is 14.1. The summed E-state index contributed by atoms with van der Waals surface area (Å²) < 4.78 is 5.90. The molecule has 0 aliphatic heterocycles. The lowest BCUT2D eigenvalue weighted by molar-refractivity contribution is -0.144. The van der Waals surface area contributed by atoms with Gasteiger partial charge in [-0.15, -0.1) is 0 Å². The molecule has 3 N–H and O–H groups in total. The van der Waals surface area contributed by atoms with Crippen molar-refractivity contribution < 1.29 is 19.1 Å². The van der Waals surface area contributed by atoms with Crippen molar-refractivity contribution in [3.8, 4) is 0 Å². The maximum absolute atomic E-state index is 12.1. The summed E-state index contributed by atoms with van der Waals surface area (Å²) in [5.41, 5.74) is 6.42. The Morgan fingerprint density at radius 3 is 2.34 bits per heavy atom. The van der Waals surface area contributed by atoms with Gasteiger partial charge in [0.2, 0.25) is 5.91 Å². The number of carbonyl (C=O) groups excluding carboxylic acids is 3. The van der Waals surface area contributed by atoms with E-state index in [1.54, 1.807) is 18.2 Å².